The minimum atomic E-state index is -4.52. The fourth-order valence-electron chi connectivity index (χ4n) is 1.88. The summed E-state index contributed by atoms with van der Waals surface area (Å²) in [6.07, 6.45) is -5.08. The summed E-state index contributed by atoms with van der Waals surface area (Å²) in [4.78, 5) is 11.7. The van der Waals surface area contributed by atoms with Crippen LogP contribution in [-0.4, -0.2) is 17.2 Å². The number of carbonyl (C=O) groups excluding carboxylic acids is 1. The molecule has 23 heavy (non-hydrogen) atoms. The van der Waals surface area contributed by atoms with E-state index in [4.69, 9.17) is 0 Å². The van der Waals surface area contributed by atoms with Gasteiger partial charge in [-0.3, -0.25) is 4.79 Å². The van der Waals surface area contributed by atoms with Crippen LogP contribution in [0.2, 0.25) is 0 Å². The fraction of sp³-hybridized carbons (Fsp3) is 0.125. The molecule has 2 N–H and O–H groups in total. The molecular formula is C16H13F3N2O2. The average Bonchev–Trinajstić information content (AvgIpc) is 2.54. The van der Waals surface area contributed by atoms with Gasteiger partial charge in [-0.15, -0.1) is 0 Å². The molecule has 0 radical (unpaired) electrons. The zero-order valence-corrected chi connectivity index (χ0v) is 11.8. The van der Waals surface area contributed by atoms with Crippen LogP contribution in [-0.2, 0) is 11.0 Å². The van der Waals surface area contributed by atoms with Crippen molar-refractivity contribution in [3.8, 4) is 0 Å². The van der Waals surface area contributed by atoms with Crippen molar-refractivity contribution in [2.24, 2.45) is 5.10 Å². The summed E-state index contributed by atoms with van der Waals surface area (Å²) in [7, 11) is 0. The Balaban J connectivity index is 2.07. The molecule has 0 aliphatic heterocycles. The van der Waals surface area contributed by atoms with Crippen LogP contribution >= 0.6 is 0 Å². The second-order valence-electron chi connectivity index (χ2n) is 4.63. The van der Waals surface area contributed by atoms with E-state index < -0.39 is 23.8 Å². The van der Waals surface area contributed by atoms with Crippen LogP contribution < -0.4 is 5.43 Å². The molecule has 120 valence electrons. The lowest BCUT2D eigenvalue weighted by Gasteiger charge is -2.10. The Morgan fingerprint density at radius 3 is 2.35 bits per heavy atom. The highest BCUT2D eigenvalue weighted by Gasteiger charge is 2.32. The number of aliphatic hydroxyl groups is 1. The molecule has 2 aromatic carbocycles. The highest BCUT2D eigenvalue weighted by Crippen LogP contribution is 2.31. The number of halogens is 3. The normalized spacial score (nSPS) is 13.0. The molecule has 0 fully saturated rings. The van der Waals surface area contributed by atoms with Crippen molar-refractivity contribution in [2.45, 2.75) is 12.3 Å². The van der Waals surface area contributed by atoms with E-state index in [1.54, 1.807) is 30.3 Å². The monoisotopic (exact) mass is 322 g/mol. The van der Waals surface area contributed by atoms with Gasteiger partial charge in [0.15, 0.2) is 6.10 Å². The zero-order chi connectivity index (χ0) is 16.9. The summed E-state index contributed by atoms with van der Waals surface area (Å²) >= 11 is 0. The highest BCUT2D eigenvalue weighted by atomic mass is 19.4. The quantitative estimate of drug-likeness (QED) is 0.671. The summed E-state index contributed by atoms with van der Waals surface area (Å²) in [5.41, 5.74) is 1.33. The molecule has 4 nitrogen and oxygen atoms in total. The number of hydrazone groups is 1. The van der Waals surface area contributed by atoms with Gasteiger partial charge in [-0.2, -0.15) is 18.3 Å². The largest absolute Gasteiger partial charge is 0.417 e. The van der Waals surface area contributed by atoms with Gasteiger partial charge in [0, 0.05) is 5.56 Å². The predicted molar refractivity (Wildman–Crippen MR) is 78.6 cm³/mol. The Hall–Kier alpha value is -2.67. The third-order valence-electron chi connectivity index (χ3n) is 3.01. The Bertz CT molecular complexity index is 700. The van der Waals surface area contributed by atoms with Crippen molar-refractivity contribution in [3.05, 3.63) is 71.3 Å². The minimum absolute atomic E-state index is 0.186. The molecule has 0 aliphatic carbocycles. The van der Waals surface area contributed by atoms with Gasteiger partial charge in [-0.1, -0.05) is 48.5 Å². The lowest BCUT2D eigenvalue weighted by atomic mass is 10.1. The van der Waals surface area contributed by atoms with Crippen LogP contribution in [0.1, 0.15) is 22.8 Å². The number of nitrogens with zero attached hydrogens (tertiary/aromatic N) is 1. The second-order valence-corrected chi connectivity index (χ2v) is 4.63. The molecular weight excluding hydrogens is 309 g/mol. The number of hydrogen-bond acceptors (Lipinski definition) is 3. The first-order valence-corrected chi connectivity index (χ1v) is 6.62. The van der Waals surface area contributed by atoms with E-state index in [1.165, 1.54) is 18.2 Å². The third kappa shape index (κ3) is 4.40. The Labute approximate surface area is 130 Å². The number of hydrogen-bond donors (Lipinski definition) is 2. The summed E-state index contributed by atoms with van der Waals surface area (Å²) in [6, 6.07) is 13.0. The van der Waals surface area contributed by atoms with Crippen LogP contribution in [0.15, 0.2) is 59.7 Å². The van der Waals surface area contributed by atoms with Gasteiger partial charge < -0.3 is 5.11 Å². The van der Waals surface area contributed by atoms with Crippen LogP contribution in [0, 0.1) is 0 Å². The number of rotatable bonds is 4. The molecule has 0 heterocycles. The van der Waals surface area contributed by atoms with Gasteiger partial charge >= 0.3 is 6.18 Å². The van der Waals surface area contributed by atoms with E-state index in [1.807, 2.05) is 5.43 Å². The highest BCUT2D eigenvalue weighted by molar-refractivity contribution is 5.86. The predicted octanol–water partition coefficient (Wildman–Crippen LogP) is 2.89. The minimum Gasteiger partial charge on any atom is -0.378 e. The number of amides is 1. The first-order chi connectivity index (χ1) is 10.9. The Morgan fingerprint density at radius 1 is 1.09 bits per heavy atom. The van der Waals surface area contributed by atoms with Gasteiger partial charge in [0.05, 0.1) is 11.8 Å². The van der Waals surface area contributed by atoms with Crippen LogP contribution in [0.5, 0.6) is 0 Å². The van der Waals surface area contributed by atoms with Gasteiger partial charge in [0.2, 0.25) is 0 Å². The Kier molecular flexibility index (Phi) is 5.13. The van der Waals surface area contributed by atoms with E-state index in [2.05, 4.69) is 5.10 Å². The Morgan fingerprint density at radius 2 is 1.70 bits per heavy atom. The zero-order valence-electron chi connectivity index (χ0n) is 11.8. The second kappa shape index (κ2) is 7.06. The van der Waals surface area contributed by atoms with Gasteiger partial charge in [0.25, 0.3) is 5.91 Å². The molecule has 0 saturated heterocycles. The molecule has 2 aromatic rings. The van der Waals surface area contributed by atoms with Gasteiger partial charge in [-0.25, -0.2) is 5.43 Å². The summed E-state index contributed by atoms with van der Waals surface area (Å²) in [6.45, 7) is 0. The molecule has 0 aromatic heterocycles. The smallest absolute Gasteiger partial charge is 0.378 e. The molecule has 0 saturated carbocycles. The topological polar surface area (TPSA) is 61.7 Å². The van der Waals surface area contributed by atoms with E-state index in [0.717, 1.165) is 12.3 Å². The maximum absolute atomic E-state index is 12.8. The number of aliphatic hydroxyl groups excluding tert-OH is 1. The van der Waals surface area contributed by atoms with Crippen molar-refractivity contribution >= 4 is 12.1 Å². The molecule has 1 unspecified atom stereocenters. The van der Waals surface area contributed by atoms with Crippen molar-refractivity contribution in [1.82, 2.24) is 5.43 Å². The van der Waals surface area contributed by atoms with Crippen LogP contribution in [0.25, 0.3) is 0 Å². The average molecular weight is 322 g/mol. The van der Waals surface area contributed by atoms with Crippen LogP contribution in [0.4, 0.5) is 13.2 Å². The lowest BCUT2D eigenvalue weighted by molar-refractivity contribution is -0.137. The van der Waals surface area contributed by atoms with Gasteiger partial charge in [0.1, 0.15) is 0 Å². The first-order valence-electron chi connectivity index (χ1n) is 6.62. The molecule has 0 bridgehead atoms. The van der Waals surface area contributed by atoms with E-state index in [0.29, 0.717) is 5.56 Å². The maximum Gasteiger partial charge on any atom is 0.417 e. The van der Waals surface area contributed by atoms with Crippen molar-refractivity contribution < 1.29 is 23.1 Å². The van der Waals surface area contributed by atoms with E-state index in [9.17, 15) is 23.1 Å². The molecule has 2 rings (SSSR count). The number of carbonyl (C=O) groups is 1. The third-order valence-corrected chi connectivity index (χ3v) is 3.01. The summed E-state index contributed by atoms with van der Waals surface area (Å²) in [5, 5.41) is 13.3. The molecule has 1 atom stereocenters. The summed E-state index contributed by atoms with van der Waals surface area (Å²) in [5.74, 6) is -0.836. The van der Waals surface area contributed by atoms with Crippen molar-refractivity contribution in [2.75, 3.05) is 0 Å². The fourth-order valence-corrected chi connectivity index (χ4v) is 1.88. The van der Waals surface area contributed by atoms with Crippen LogP contribution in [0.3, 0.4) is 0 Å². The van der Waals surface area contributed by atoms with Gasteiger partial charge in [-0.05, 0) is 11.6 Å². The standard InChI is InChI=1S/C16H13F3N2O2/c17-16(18,19)13-9-5-4-8-12(13)10-20-21-15(23)14(22)11-6-2-1-3-7-11/h1-10,14,22H,(H,21,23). The number of benzene rings is 2. The number of nitrogens with one attached hydrogen (secondary N) is 1. The maximum atomic E-state index is 12.8. The first kappa shape index (κ1) is 16.7. The molecule has 7 heteroatoms. The summed E-state index contributed by atoms with van der Waals surface area (Å²) < 4.78 is 38.4. The van der Waals surface area contributed by atoms with Crippen molar-refractivity contribution in [3.63, 3.8) is 0 Å². The number of alkyl halides is 3. The molecule has 0 spiro atoms. The lowest BCUT2D eigenvalue weighted by Crippen LogP contribution is -2.25. The SMILES string of the molecule is O=C(NN=Cc1ccccc1C(F)(F)F)C(O)c1ccccc1. The van der Waals surface area contributed by atoms with E-state index >= 15 is 0 Å². The molecule has 1 amide bonds. The van der Waals surface area contributed by atoms with Crippen molar-refractivity contribution in [1.29, 1.82) is 0 Å². The van der Waals surface area contributed by atoms with E-state index in [-0.39, 0.29) is 5.56 Å². The molecule has 0 aliphatic rings.